The van der Waals surface area contributed by atoms with E-state index < -0.39 is 24.1 Å². The molecule has 7 heteroatoms. The Bertz CT molecular complexity index is 593. The van der Waals surface area contributed by atoms with Gasteiger partial charge in [0.15, 0.2) is 0 Å². The second-order valence-electron chi connectivity index (χ2n) is 5.24. The van der Waals surface area contributed by atoms with Crippen LogP contribution in [0, 0.1) is 0 Å². The number of benzene rings is 1. The van der Waals surface area contributed by atoms with Gasteiger partial charge in [0, 0.05) is 11.1 Å². The summed E-state index contributed by atoms with van der Waals surface area (Å²) >= 11 is 0. The van der Waals surface area contributed by atoms with Gasteiger partial charge in [-0.05, 0) is 25.1 Å². The molecule has 1 saturated heterocycles. The standard InChI is InChI=1S/C14H16N2O5/c1-14(21-6-11(17)18)7-16(8-14)13(20)10-4-2-3-9(5-10)12(15)19/h2-5H,6-8H2,1H3,(H2,15,19)(H,17,18). The molecule has 1 aromatic rings. The highest BCUT2D eigenvalue weighted by Gasteiger charge is 2.42. The Morgan fingerprint density at radius 2 is 1.95 bits per heavy atom. The number of nitrogens with two attached hydrogens (primary N) is 1. The van der Waals surface area contributed by atoms with Crippen molar-refractivity contribution in [1.82, 2.24) is 4.90 Å². The van der Waals surface area contributed by atoms with Crippen LogP contribution in [-0.2, 0) is 9.53 Å². The van der Waals surface area contributed by atoms with Crippen molar-refractivity contribution in [3.8, 4) is 0 Å². The van der Waals surface area contributed by atoms with Crippen LogP contribution in [0.1, 0.15) is 27.6 Å². The van der Waals surface area contributed by atoms with Gasteiger partial charge in [-0.2, -0.15) is 0 Å². The van der Waals surface area contributed by atoms with E-state index in [1.807, 2.05) is 0 Å². The molecule has 1 aliphatic heterocycles. The zero-order valence-electron chi connectivity index (χ0n) is 11.5. The van der Waals surface area contributed by atoms with Crippen molar-refractivity contribution in [3.63, 3.8) is 0 Å². The smallest absolute Gasteiger partial charge is 0.329 e. The summed E-state index contributed by atoms with van der Waals surface area (Å²) in [6.07, 6.45) is 0. The van der Waals surface area contributed by atoms with Crippen molar-refractivity contribution in [3.05, 3.63) is 35.4 Å². The lowest BCUT2D eigenvalue weighted by atomic mass is 9.95. The maximum Gasteiger partial charge on any atom is 0.329 e. The minimum absolute atomic E-state index is 0.241. The van der Waals surface area contributed by atoms with Crippen LogP contribution in [0.25, 0.3) is 0 Å². The molecule has 1 aliphatic rings. The van der Waals surface area contributed by atoms with E-state index in [1.165, 1.54) is 17.0 Å². The fourth-order valence-corrected chi connectivity index (χ4v) is 2.22. The fraction of sp³-hybridized carbons (Fsp3) is 0.357. The minimum Gasteiger partial charge on any atom is -0.480 e. The van der Waals surface area contributed by atoms with E-state index in [0.717, 1.165) is 0 Å². The normalized spacial score (nSPS) is 16.1. The predicted octanol–water partition coefficient (Wildman–Crippen LogP) is 0.101. The van der Waals surface area contributed by atoms with Crippen LogP contribution < -0.4 is 5.73 Å². The van der Waals surface area contributed by atoms with Gasteiger partial charge in [0.2, 0.25) is 5.91 Å². The van der Waals surface area contributed by atoms with Gasteiger partial charge < -0.3 is 20.5 Å². The first-order valence-electron chi connectivity index (χ1n) is 6.36. The fourth-order valence-electron chi connectivity index (χ4n) is 2.22. The third-order valence-corrected chi connectivity index (χ3v) is 3.28. The van der Waals surface area contributed by atoms with Gasteiger partial charge >= 0.3 is 5.97 Å². The van der Waals surface area contributed by atoms with Gasteiger partial charge in [0.1, 0.15) is 12.2 Å². The molecular formula is C14H16N2O5. The van der Waals surface area contributed by atoms with Crippen LogP contribution in [0.3, 0.4) is 0 Å². The summed E-state index contributed by atoms with van der Waals surface area (Å²) in [5, 5.41) is 8.58. The molecular weight excluding hydrogens is 276 g/mol. The summed E-state index contributed by atoms with van der Waals surface area (Å²) in [4.78, 5) is 35.3. The van der Waals surface area contributed by atoms with Crippen LogP contribution in [-0.4, -0.2) is 53.1 Å². The van der Waals surface area contributed by atoms with Crippen molar-refractivity contribution in [1.29, 1.82) is 0 Å². The van der Waals surface area contributed by atoms with Crippen LogP contribution in [0.2, 0.25) is 0 Å². The summed E-state index contributed by atoms with van der Waals surface area (Å²) in [6, 6.07) is 6.17. The van der Waals surface area contributed by atoms with Gasteiger partial charge in [-0.15, -0.1) is 0 Å². The SMILES string of the molecule is CC1(OCC(=O)O)CN(C(=O)c2cccc(C(N)=O)c2)C1. The van der Waals surface area contributed by atoms with Crippen molar-refractivity contribution < 1.29 is 24.2 Å². The number of primary amides is 1. The van der Waals surface area contributed by atoms with Crippen LogP contribution in [0.5, 0.6) is 0 Å². The van der Waals surface area contributed by atoms with Crippen LogP contribution >= 0.6 is 0 Å². The highest BCUT2D eigenvalue weighted by molar-refractivity contribution is 5.99. The van der Waals surface area contributed by atoms with E-state index in [9.17, 15) is 14.4 Å². The molecule has 2 rings (SSSR count). The summed E-state index contributed by atoms with van der Waals surface area (Å²) in [7, 11) is 0. The van der Waals surface area contributed by atoms with Crippen LogP contribution in [0.15, 0.2) is 24.3 Å². The molecule has 7 nitrogen and oxygen atoms in total. The third-order valence-electron chi connectivity index (χ3n) is 3.28. The molecule has 2 amide bonds. The number of hydrogen-bond acceptors (Lipinski definition) is 4. The zero-order valence-corrected chi connectivity index (χ0v) is 11.5. The van der Waals surface area contributed by atoms with E-state index >= 15 is 0 Å². The number of carbonyl (C=O) groups is 3. The highest BCUT2D eigenvalue weighted by Crippen LogP contribution is 2.26. The van der Waals surface area contributed by atoms with Crippen molar-refractivity contribution in [2.75, 3.05) is 19.7 Å². The highest BCUT2D eigenvalue weighted by atomic mass is 16.5. The quantitative estimate of drug-likeness (QED) is 0.800. The molecule has 0 aromatic heterocycles. The first kappa shape index (κ1) is 15.0. The van der Waals surface area contributed by atoms with Crippen molar-refractivity contribution >= 4 is 17.8 Å². The Labute approximate surface area is 121 Å². The second kappa shape index (κ2) is 5.53. The number of aliphatic carboxylic acids is 1. The van der Waals surface area contributed by atoms with Crippen LogP contribution in [0.4, 0.5) is 0 Å². The third kappa shape index (κ3) is 3.38. The molecule has 1 heterocycles. The van der Waals surface area contributed by atoms with Gasteiger partial charge in [0.25, 0.3) is 5.91 Å². The number of carbonyl (C=O) groups excluding carboxylic acids is 2. The van der Waals surface area contributed by atoms with E-state index in [4.69, 9.17) is 15.6 Å². The zero-order chi connectivity index (χ0) is 15.6. The number of hydrogen-bond donors (Lipinski definition) is 2. The molecule has 0 bridgehead atoms. The maximum absolute atomic E-state index is 12.2. The molecule has 0 unspecified atom stereocenters. The average Bonchev–Trinajstić information content (AvgIpc) is 2.41. The molecule has 1 aromatic carbocycles. The minimum atomic E-state index is -1.05. The van der Waals surface area contributed by atoms with Gasteiger partial charge in [-0.3, -0.25) is 9.59 Å². The number of carboxylic acids is 1. The number of likely N-dealkylation sites (tertiary alicyclic amines) is 1. The molecule has 0 atom stereocenters. The molecule has 0 spiro atoms. The number of rotatable bonds is 5. The van der Waals surface area contributed by atoms with E-state index in [-0.39, 0.29) is 11.5 Å². The largest absolute Gasteiger partial charge is 0.480 e. The average molecular weight is 292 g/mol. The molecule has 0 saturated carbocycles. The molecule has 21 heavy (non-hydrogen) atoms. The lowest BCUT2D eigenvalue weighted by molar-refractivity contribution is -0.159. The summed E-state index contributed by atoms with van der Waals surface area (Å²) in [5.41, 5.74) is 5.17. The van der Waals surface area contributed by atoms with E-state index in [0.29, 0.717) is 18.7 Å². The maximum atomic E-state index is 12.2. The number of carboxylic acid groups (broad SMARTS) is 1. The first-order valence-corrected chi connectivity index (χ1v) is 6.36. The van der Waals surface area contributed by atoms with Crippen molar-refractivity contribution in [2.24, 2.45) is 5.73 Å². The van der Waals surface area contributed by atoms with E-state index in [1.54, 1.807) is 19.1 Å². The molecule has 3 N–H and O–H groups in total. The summed E-state index contributed by atoms with van der Waals surface area (Å²) in [6.45, 7) is 1.97. The van der Waals surface area contributed by atoms with Gasteiger partial charge in [0.05, 0.1) is 13.1 Å². The Morgan fingerprint density at radius 1 is 1.33 bits per heavy atom. The number of nitrogens with zero attached hydrogens (tertiary/aromatic N) is 1. The number of ether oxygens (including phenoxy) is 1. The Morgan fingerprint density at radius 3 is 2.52 bits per heavy atom. The molecule has 0 aliphatic carbocycles. The molecule has 1 fully saturated rings. The molecule has 0 radical (unpaired) electrons. The van der Waals surface area contributed by atoms with E-state index in [2.05, 4.69) is 0 Å². The topological polar surface area (TPSA) is 110 Å². The second-order valence-corrected chi connectivity index (χ2v) is 5.24. The summed E-state index contributed by atoms with van der Waals surface area (Å²) in [5.74, 6) is -1.88. The molecule has 112 valence electrons. The lowest BCUT2D eigenvalue weighted by Crippen LogP contribution is -2.63. The summed E-state index contributed by atoms with van der Waals surface area (Å²) < 4.78 is 5.24. The monoisotopic (exact) mass is 292 g/mol. The lowest BCUT2D eigenvalue weighted by Gasteiger charge is -2.47. The predicted molar refractivity (Wildman–Crippen MR) is 72.9 cm³/mol. The van der Waals surface area contributed by atoms with Gasteiger partial charge in [-0.1, -0.05) is 6.07 Å². The number of amides is 2. The van der Waals surface area contributed by atoms with Gasteiger partial charge in [-0.25, -0.2) is 4.79 Å². The first-order chi connectivity index (χ1) is 9.81. The Hall–Kier alpha value is -2.41. The Balaban J connectivity index is 1.99. The Kier molecular flexibility index (Phi) is 3.95. The van der Waals surface area contributed by atoms with Crippen molar-refractivity contribution in [2.45, 2.75) is 12.5 Å².